The lowest BCUT2D eigenvalue weighted by molar-refractivity contribution is 0.498. The van der Waals surface area contributed by atoms with Gasteiger partial charge in [0, 0.05) is 31.5 Å². The number of nitrogens with two attached hydrogens (primary N) is 1. The van der Waals surface area contributed by atoms with E-state index in [1.807, 2.05) is 13.1 Å². The number of pyridine rings is 1. The number of nitrogens with zero attached hydrogens (tertiary/aromatic N) is 2. The van der Waals surface area contributed by atoms with Crippen molar-refractivity contribution in [3.63, 3.8) is 0 Å². The summed E-state index contributed by atoms with van der Waals surface area (Å²) in [6.07, 6.45) is 3.37. The number of halogens is 1. The third-order valence-corrected chi connectivity index (χ3v) is 2.81. The number of hydrogen-bond acceptors (Lipinski definition) is 3. The van der Waals surface area contributed by atoms with Crippen LogP contribution in [0, 0.1) is 0 Å². The minimum Gasteiger partial charge on any atom is -0.367 e. The molecule has 1 heterocycles. The lowest BCUT2D eigenvalue weighted by atomic mass is 10.0. The molecule has 0 atom stereocenters. The van der Waals surface area contributed by atoms with E-state index in [-0.39, 0.29) is 5.54 Å². The molecule has 0 aliphatic carbocycles. The molecule has 0 saturated heterocycles. The van der Waals surface area contributed by atoms with Crippen LogP contribution in [-0.2, 0) is 0 Å². The van der Waals surface area contributed by atoms with Crippen molar-refractivity contribution in [2.75, 3.05) is 18.5 Å². The first-order chi connectivity index (χ1) is 6.49. The first kappa shape index (κ1) is 11.3. The van der Waals surface area contributed by atoms with Crippen LogP contribution in [0.15, 0.2) is 18.5 Å². The van der Waals surface area contributed by atoms with Gasteiger partial charge in [0.1, 0.15) is 0 Å². The van der Waals surface area contributed by atoms with Gasteiger partial charge in [-0.2, -0.15) is 0 Å². The number of aromatic nitrogens is 1. The minimum atomic E-state index is -0.106. The number of anilines is 1. The van der Waals surface area contributed by atoms with E-state index in [0.29, 0.717) is 11.6 Å². The van der Waals surface area contributed by atoms with Crippen LogP contribution in [0.4, 0.5) is 5.69 Å². The molecule has 14 heavy (non-hydrogen) atoms. The van der Waals surface area contributed by atoms with Crippen LogP contribution in [0.5, 0.6) is 0 Å². The molecule has 4 heteroatoms. The van der Waals surface area contributed by atoms with Crippen molar-refractivity contribution in [2.24, 2.45) is 5.73 Å². The Morgan fingerprint density at radius 3 is 2.71 bits per heavy atom. The van der Waals surface area contributed by atoms with Crippen LogP contribution in [0.3, 0.4) is 0 Å². The molecule has 1 aromatic rings. The van der Waals surface area contributed by atoms with Crippen LogP contribution in [-0.4, -0.2) is 24.1 Å². The Hall–Kier alpha value is -0.800. The highest BCUT2D eigenvalue weighted by atomic mass is 35.5. The van der Waals surface area contributed by atoms with E-state index < -0.39 is 0 Å². The largest absolute Gasteiger partial charge is 0.367 e. The van der Waals surface area contributed by atoms with Crippen LogP contribution >= 0.6 is 11.6 Å². The average Bonchev–Trinajstić information content (AvgIpc) is 2.17. The highest BCUT2D eigenvalue weighted by Crippen LogP contribution is 2.27. The van der Waals surface area contributed by atoms with E-state index in [4.69, 9.17) is 17.3 Å². The molecule has 0 unspecified atom stereocenters. The predicted octanol–water partition coefficient (Wildman–Crippen LogP) is 1.91. The number of hydrogen-bond donors (Lipinski definition) is 1. The van der Waals surface area contributed by atoms with E-state index in [0.717, 1.165) is 5.69 Å². The zero-order valence-electron chi connectivity index (χ0n) is 8.79. The van der Waals surface area contributed by atoms with Gasteiger partial charge in [0.25, 0.3) is 0 Å². The lowest BCUT2D eigenvalue weighted by Crippen LogP contribution is -2.47. The summed E-state index contributed by atoms with van der Waals surface area (Å²) in [6.45, 7) is 4.72. The summed E-state index contributed by atoms with van der Waals surface area (Å²) in [4.78, 5) is 6.01. The molecule has 0 radical (unpaired) electrons. The Bertz CT molecular complexity index is 312. The number of rotatable bonds is 3. The van der Waals surface area contributed by atoms with E-state index in [2.05, 4.69) is 23.7 Å². The van der Waals surface area contributed by atoms with E-state index in [1.165, 1.54) is 0 Å². The summed E-state index contributed by atoms with van der Waals surface area (Å²) in [5, 5.41) is 0.650. The van der Waals surface area contributed by atoms with Crippen molar-refractivity contribution in [2.45, 2.75) is 19.4 Å². The minimum absolute atomic E-state index is 0.106. The van der Waals surface area contributed by atoms with Gasteiger partial charge in [-0.1, -0.05) is 11.6 Å². The Balaban J connectivity index is 3.00. The molecule has 0 aliphatic rings. The summed E-state index contributed by atoms with van der Waals surface area (Å²) < 4.78 is 0. The fourth-order valence-electron chi connectivity index (χ4n) is 1.10. The maximum absolute atomic E-state index is 6.04. The summed E-state index contributed by atoms with van der Waals surface area (Å²) in [5.74, 6) is 0. The first-order valence-electron chi connectivity index (χ1n) is 4.52. The fourth-order valence-corrected chi connectivity index (χ4v) is 1.35. The zero-order valence-corrected chi connectivity index (χ0v) is 9.54. The van der Waals surface area contributed by atoms with Crippen LogP contribution in [0.1, 0.15) is 13.8 Å². The van der Waals surface area contributed by atoms with Gasteiger partial charge in [0.2, 0.25) is 0 Å². The molecule has 0 aliphatic heterocycles. The average molecular weight is 214 g/mol. The van der Waals surface area contributed by atoms with Crippen molar-refractivity contribution >= 4 is 17.3 Å². The predicted molar refractivity (Wildman–Crippen MR) is 60.8 cm³/mol. The molecule has 0 saturated carbocycles. The lowest BCUT2D eigenvalue weighted by Gasteiger charge is -2.36. The third-order valence-electron chi connectivity index (χ3n) is 2.52. The van der Waals surface area contributed by atoms with Crippen molar-refractivity contribution in [3.8, 4) is 0 Å². The maximum Gasteiger partial charge on any atom is 0.0822 e. The normalized spacial score (nSPS) is 11.5. The van der Waals surface area contributed by atoms with Gasteiger partial charge in [0.05, 0.1) is 10.7 Å². The molecular formula is C10H16ClN3. The highest BCUT2D eigenvalue weighted by molar-refractivity contribution is 6.33. The summed E-state index contributed by atoms with van der Waals surface area (Å²) in [6, 6.07) is 1.89. The molecule has 1 rings (SSSR count). The van der Waals surface area contributed by atoms with Crippen molar-refractivity contribution < 1.29 is 0 Å². The Kier molecular flexibility index (Phi) is 3.34. The van der Waals surface area contributed by atoms with E-state index in [9.17, 15) is 0 Å². The fraction of sp³-hybridized carbons (Fsp3) is 0.500. The van der Waals surface area contributed by atoms with Gasteiger partial charge in [-0.3, -0.25) is 4.98 Å². The standard InChI is InChI=1S/C10H16ClN3/c1-10(2,7-12)14(3)9-4-5-13-6-8(9)11/h4-6H,7,12H2,1-3H3. The quantitative estimate of drug-likeness (QED) is 0.834. The van der Waals surface area contributed by atoms with Gasteiger partial charge < -0.3 is 10.6 Å². The van der Waals surface area contributed by atoms with E-state index >= 15 is 0 Å². The molecule has 1 aromatic heterocycles. The third kappa shape index (κ3) is 2.16. The summed E-state index contributed by atoms with van der Waals surface area (Å²) in [7, 11) is 1.98. The molecule has 2 N–H and O–H groups in total. The van der Waals surface area contributed by atoms with Crippen LogP contribution in [0.25, 0.3) is 0 Å². The second-order valence-electron chi connectivity index (χ2n) is 3.90. The van der Waals surface area contributed by atoms with Gasteiger partial charge in [-0.25, -0.2) is 0 Å². The highest BCUT2D eigenvalue weighted by Gasteiger charge is 2.23. The summed E-state index contributed by atoms with van der Waals surface area (Å²) in [5.41, 5.74) is 6.54. The Morgan fingerprint density at radius 1 is 1.57 bits per heavy atom. The number of likely N-dealkylation sites (N-methyl/N-ethyl adjacent to an activating group) is 1. The summed E-state index contributed by atoms with van der Waals surface area (Å²) >= 11 is 6.04. The molecule has 0 bridgehead atoms. The first-order valence-corrected chi connectivity index (χ1v) is 4.90. The SMILES string of the molecule is CN(c1ccncc1Cl)C(C)(C)CN. The molecular weight excluding hydrogens is 198 g/mol. The molecule has 3 nitrogen and oxygen atoms in total. The van der Waals surface area contributed by atoms with Gasteiger partial charge in [-0.05, 0) is 19.9 Å². The maximum atomic E-state index is 6.04. The molecule has 78 valence electrons. The molecule has 0 spiro atoms. The molecule has 0 aromatic carbocycles. The van der Waals surface area contributed by atoms with E-state index in [1.54, 1.807) is 12.4 Å². The monoisotopic (exact) mass is 213 g/mol. The smallest absolute Gasteiger partial charge is 0.0822 e. The Labute approximate surface area is 89.9 Å². The molecule has 0 amide bonds. The van der Waals surface area contributed by atoms with Crippen molar-refractivity contribution in [1.29, 1.82) is 0 Å². The van der Waals surface area contributed by atoms with Gasteiger partial charge in [0.15, 0.2) is 0 Å². The second-order valence-corrected chi connectivity index (χ2v) is 4.31. The van der Waals surface area contributed by atoms with Crippen molar-refractivity contribution in [3.05, 3.63) is 23.5 Å². The Morgan fingerprint density at radius 2 is 2.21 bits per heavy atom. The van der Waals surface area contributed by atoms with Crippen LogP contribution < -0.4 is 10.6 Å². The molecule has 0 fully saturated rings. The zero-order chi connectivity index (χ0) is 10.8. The second kappa shape index (κ2) is 4.15. The van der Waals surface area contributed by atoms with Gasteiger partial charge >= 0.3 is 0 Å². The van der Waals surface area contributed by atoms with Crippen molar-refractivity contribution in [1.82, 2.24) is 4.98 Å². The van der Waals surface area contributed by atoms with Gasteiger partial charge in [-0.15, -0.1) is 0 Å². The van der Waals surface area contributed by atoms with Crippen LogP contribution in [0.2, 0.25) is 5.02 Å². The topological polar surface area (TPSA) is 42.2 Å².